The lowest BCUT2D eigenvalue weighted by molar-refractivity contribution is 0.665. The molecule has 2 rings (SSSR count). The van der Waals surface area contributed by atoms with Gasteiger partial charge >= 0.3 is 0 Å². The minimum absolute atomic E-state index is 0.790. The Morgan fingerprint density at radius 3 is 2.57 bits per heavy atom. The number of hydrogen-bond acceptors (Lipinski definition) is 0. The molecular weight excluding hydrogens is 168 g/mol. The maximum absolute atomic E-state index is 3.88. The van der Waals surface area contributed by atoms with Gasteiger partial charge in [0.1, 0.15) is 0 Å². The van der Waals surface area contributed by atoms with Gasteiger partial charge in [-0.15, -0.1) is 6.58 Å². The fourth-order valence-electron chi connectivity index (χ4n) is 2.40. The Morgan fingerprint density at radius 1 is 1.29 bits per heavy atom. The SMILES string of the molecule is C=C[C@H]1[C@@H](C)[C@@H]1CCc1ccccc1. The predicted octanol–water partition coefficient (Wildman–Crippen LogP) is 3.69. The summed E-state index contributed by atoms with van der Waals surface area (Å²) in [5.74, 6) is 2.56. The van der Waals surface area contributed by atoms with Crippen molar-refractivity contribution in [1.29, 1.82) is 0 Å². The van der Waals surface area contributed by atoms with E-state index in [1.54, 1.807) is 0 Å². The normalized spacial score (nSPS) is 29.9. The highest BCUT2D eigenvalue weighted by atomic mass is 14.5. The van der Waals surface area contributed by atoms with E-state index in [9.17, 15) is 0 Å². The number of allylic oxidation sites excluding steroid dienone is 1. The van der Waals surface area contributed by atoms with Crippen LogP contribution < -0.4 is 0 Å². The molecule has 0 aromatic heterocycles. The zero-order valence-corrected chi connectivity index (χ0v) is 8.82. The average molecular weight is 186 g/mol. The lowest BCUT2D eigenvalue weighted by Crippen LogP contribution is -1.88. The third-order valence-corrected chi connectivity index (χ3v) is 3.52. The van der Waals surface area contributed by atoms with Crippen LogP contribution in [0.2, 0.25) is 0 Å². The van der Waals surface area contributed by atoms with E-state index in [1.165, 1.54) is 18.4 Å². The Morgan fingerprint density at radius 2 is 2.00 bits per heavy atom. The third-order valence-electron chi connectivity index (χ3n) is 3.52. The first-order valence-electron chi connectivity index (χ1n) is 5.49. The summed E-state index contributed by atoms with van der Waals surface area (Å²) in [5.41, 5.74) is 1.47. The van der Waals surface area contributed by atoms with Crippen LogP contribution in [0.1, 0.15) is 18.9 Å². The van der Waals surface area contributed by atoms with E-state index in [4.69, 9.17) is 0 Å². The molecule has 0 heterocycles. The molecule has 0 heteroatoms. The van der Waals surface area contributed by atoms with Gasteiger partial charge in [-0.05, 0) is 36.2 Å². The number of hydrogen-bond donors (Lipinski definition) is 0. The van der Waals surface area contributed by atoms with Gasteiger partial charge in [-0.1, -0.05) is 43.3 Å². The second-order valence-electron chi connectivity index (χ2n) is 4.36. The van der Waals surface area contributed by atoms with Crippen LogP contribution in [0.25, 0.3) is 0 Å². The molecule has 1 fully saturated rings. The predicted molar refractivity (Wildman–Crippen MR) is 61.1 cm³/mol. The summed E-state index contributed by atoms with van der Waals surface area (Å²) >= 11 is 0. The maximum Gasteiger partial charge on any atom is -0.0176 e. The van der Waals surface area contributed by atoms with E-state index in [1.807, 2.05) is 0 Å². The Kier molecular flexibility index (Phi) is 2.72. The summed E-state index contributed by atoms with van der Waals surface area (Å²) in [6, 6.07) is 10.8. The van der Waals surface area contributed by atoms with Crippen molar-refractivity contribution >= 4 is 0 Å². The summed E-state index contributed by atoms with van der Waals surface area (Å²) in [6.07, 6.45) is 4.67. The molecule has 1 aromatic carbocycles. The molecular formula is C14H18. The molecule has 0 nitrogen and oxygen atoms in total. The van der Waals surface area contributed by atoms with Crippen molar-refractivity contribution in [2.75, 3.05) is 0 Å². The van der Waals surface area contributed by atoms with E-state index in [2.05, 4.69) is 49.9 Å². The summed E-state index contributed by atoms with van der Waals surface area (Å²) in [4.78, 5) is 0. The van der Waals surface area contributed by atoms with Gasteiger partial charge in [0.25, 0.3) is 0 Å². The highest BCUT2D eigenvalue weighted by Gasteiger charge is 2.43. The van der Waals surface area contributed by atoms with Crippen molar-refractivity contribution in [2.24, 2.45) is 17.8 Å². The molecule has 0 spiro atoms. The fraction of sp³-hybridized carbons (Fsp3) is 0.429. The highest BCUT2D eigenvalue weighted by Crippen LogP contribution is 2.49. The molecule has 0 radical (unpaired) electrons. The van der Waals surface area contributed by atoms with Crippen LogP contribution in [-0.2, 0) is 6.42 Å². The van der Waals surface area contributed by atoms with Gasteiger partial charge in [0.2, 0.25) is 0 Å². The van der Waals surface area contributed by atoms with Gasteiger partial charge in [0.05, 0.1) is 0 Å². The van der Waals surface area contributed by atoms with Gasteiger partial charge in [-0.3, -0.25) is 0 Å². The van der Waals surface area contributed by atoms with E-state index in [0.29, 0.717) is 0 Å². The molecule has 0 saturated heterocycles. The number of aryl methyl sites for hydroxylation is 1. The molecule has 1 saturated carbocycles. The van der Waals surface area contributed by atoms with Crippen LogP contribution in [-0.4, -0.2) is 0 Å². The molecule has 1 aliphatic rings. The van der Waals surface area contributed by atoms with Crippen LogP contribution in [0.5, 0.6) is 0 Å². The Labute approximate surface area is 86.7 Å². The van der Waals surface area contributed by atoms with Gasteiger partial charge in [0.15, 0.2) is 0 Å². The molecule has 0 bridgehead atoms. The maximum atomic E-state index is 3.88. The van der Waals surface area contributed by atoms with Crippen molar-refractivity contribution in [1.82, 2.24) is 0 Å². The first-order valence-corrected chi connectivity index (χ1v) is 5.49. The molecule has 14 heavy (non-hydrogen) atoms. The largest absolute Gasteiger partial charge is 0.103 e. The molecule has 1 aromatic rings. The topological polar surface area (TPSA) is 0 Å². The van der Waals surface area contributed by atoms with Gasteiger partial charge in [-0.25, -0.2) is 0 Å². The number of rotatable bonds is 4. The van der Waals surface area contributed by atoms with Gasteiger partial charge in [-0.2, -0.15) is 0 Å². The van der Waals surface area contributed by atoms with Crippen molar-refractivity contribution < 1.29 is 0 Å². The second kappa shape index (κ2) is 4.00. The smallest absolute Gasteiger partial charge is 0.0176 e. The summed E-state index contributed by atoms with van der Waals surface area (Å²) in [6.45, 7) is 6.21. The zero-order valence-electron chi connectivity index (χ0n) is 8.82. The van der Waals surface area contributed by atoms with E-state index in [-0.39, 0.29) is 0 Å². The fourth-order valence-corrected chi connectivity index (χ4v) is 2.40. The molecule has 0 amide bonds. The minimum Gasteiger partial charge on any atom is -0.103 e. The standard InChI is InChI=1S/C14H18/c1-3-13-11(2)14(13)10-9-12-7-5-4-6-8-12/h3-8,11,13-14H,1,9-10H2,2H3/t11-,13+,14+/m1/s1. The highest BCUT2D eigenvalue weighted by molar-refractivity contribution is 5.15. The van der Waals surface area contributed by atoms with Crippen molar-refractivity contribution in [3.05, 3.63) is 48.6 Å². The average Bonchev–Trinajstić information content (AvgIpc) is 2.87. The molecule has 0 unspecified atom stereocenters. The Hall–Kier alpha value is -1.04. The summed E-state index contributed by atoms with van der Waals surface area (Å²) in [5, 5.41) is 0. The minimum atomic E-state index is 0.790. The lowest BCUT2D eigenvalue weighted by Gasteiger charge is -1.99. The summed E-state index contributed by atoms with van der Waals surface area (Å²) in [7, 11) is 0. The lowest BCUT2D eigenvalue weighted by atomic mass is 10.1. The second-order valence-corrected chi connectivity index (χ2v) is 4.36. The van der Waals surface area contributed by atoms with Crippen LogP contribution in [0.15, 0.2) is 43.0 Å². The molecule has 3 atom stereocenters. The first kappa shape index (κ1) is 9.51. The van der Waals surface area contributed by atoms with Crippen molar-refractivity contribution in [2.45, 2.75) is 19.8 Å². The Bertz CT molecular complexity index is 299. The third kappa shape index (κ3) is 1.89. The zero-order chi connectivity index (χ0) is 9.97. The van der Waals surface area contributed by atoms with E-state index >= 15 is 0 Å². The molecule has 0 N–H and O–H groups in total. The van der Waals surface area contributed by atoms with Crippen LogP contribution in [0.4, 0.5) is 0 Å². The monoisotopic (exact) mass is 186 g/mol. The van der Waals surface area contributed by atoms with Crippen LogP contribution >= 0.6 is 0 Å². The van der Waals surface area contributed by atoms with E-state index < -0.39 is 0 Å². The quantitative estimate of drug-likeness (QED) is 0.629. The Balaban J connectivity index is 1.82. The molecule has 0 aliphatic heterocycles. The van der Waals surface area contributed by atoms with Gasteiger partial charge in [0, 0.05) is 0 Å². The van der Waals surface area contributed by atoms with Crippen LogP contribution in [0.3, 0.4) is 0 Å². The van der Waals surface area contributed by atoms with E-state index in [0.717, 1.165) is 17.8 Å². The van der Waals surface area contributed by atoms with Crippen molar-refractivity contribution in [3.63, 3.8) is 0 Å². The van der Waals surface area contributed by atoms with Crippen LogP contribution in [0, 0.1) is 17.8 Å². The van der Waals surface area contributed by atoms with Gasteiger partial charge < -0.3 is 0 Å². The van der Waals surface area contributed by atoms with Crippen molar-refractivity contribution in [3.8, 4) is 0 Å². The molecule has 1 aliphatic carbocycles. The number of benzene rings is 1. The molecule has 74 valence electrons. The summed E-state index contributed by atoms with van der Waals surface area (Å²) < 4.78 is 0. The first-order chi connectivity index (χ1) is 6.83.